The molecule has 19 heteroatoms. The number of aliphatic hydroxyl groups is 2. The summed E-state index contributed by atoms with van der Waals surface area (Å²) in [7, 11) is 0. The van der Waals surface area contributed by atoms with Crippen LogP contribution in [0.1, 0.15) is 58.6 Å². The summed E-state index contributed by atoms with van der Waals surface area (Å²) in [6.07, 6.45) is -1.04. The van der Waals surface area contributed by atoms with E-state index in [0.717, 1.165) is 0 Å². The minimum Gasteiger partial charge on any atom is -0.543 e. The van der Waals surface area contributed by atoms with Gasteiger partial charge in [-0.3, -0.25) is 14.4 Å². The number of imidazole rings is 2. The molecule has 18 nitrogen and oxygen atoms in total. The molecule has 4 aliphatic heterocycles. The van der Waals surface area contributed by atoms with Crippen LogP contribution in [0.4, 0.5) is 0 Å². The van der Waals surface area contributed by atoms with Gasteiger partial charge in [-0.25, -0.2) is 14.4 Å². The maximum Gasteiger partial charge on any atom is 1.00 e. The van der Waals surface area contributed by atoms with Crippen molar-refractivity contribution >= 4 is 62.9 Å². The molecule has 8 rings (SSSR count). The summed E-state index contributed by atoms with van der Waals surface area (Å²) in [6.45, 7) is 7.51. The van der Waals surface area contributed by atoms with Gasteiger partial charge in [-0.15, -0.1) is 0 Å². The molecule has 2 amide bonds. The average Bonchev–Trinajstić information content (AvgIpc) is 3.85. The Morgan fingerprint density at radius 3 is 1.58 bits per heavy atom. The smallest absolute Gasteiger partial charge is 0.543 e. The predicted octanol–water partition coefficient (Wildman–Crippen LogP) is -2.80. The molecule has 0 saturated carbocycles. The summed E-state index contributed by atoms with van der Waals surface area (Å²) < 4.78 is 10.2. The van der Waals surface area contributed by atoms with Crippen molar-refractivity contribution in [2.75, 3.05) is 6.79 Å². The largest absolute Gasteiger partial charge is 1.00 e. The Morgan fingerprint density at radius 2 is 1.16 bits per heavy atom. The molecular weight excluding hydrogens is 755 g/mol. The fourth-order valence-corrected chi connectivity index (χ4v) is 7.89. The van der Waals surface area contributed by atoms with E-state index in [4.69, 9.17) is 9.47 Å². The van der Waals surface area contributed by atoms with Gasteiger partial charge in [-0.1, -0.05) is 12.1 Å². The number of esters is 2. The number of β-lactam (4-membered cyclic amide) rings is 2. The van der Waals surface area contributed by atoms with E-state index in [9.17, 15) is 48.9 Å². The van der Waals surface area contributed by atoms with Crippen LogP contribution in [0.3, 0.4) is 0 Å². The standard InChI is InChI=1S/C22H25N3O7.C16H15N3O5.Na/c1-10(26)16-15-8-12(11-5-6-13-14(7-11)24-21(30)23-13)17(25(15)18(16)27)19(28)31-9-32-20(29)22(2,3)4;1-6(20)12-11-5-8(13(15(22)23)19(11)14(12)21)7-2-3-9-10(4-7)18-16(24)17-9;/h5-7,10,15-16,26H,8-9H2,1-4H3,(H2,23,24,30);2-4,6,11-12,20H,5H2,1H3,(H,22,23)(H2,17,18,24);/q;;+1/p-1/t10-,15-,16-;6-,11-,12-;/m11./s1. The molecule has 6 N–H and O–H groups in total. The first-order valence-corrected chi connectivity index (χ1v) is 17.9. The third-order valence-corrected chi connectivity index (χ3v) is 10.6. The number of hydrogen-bond acceptors (Lipinski definition) is 12. The Kier molecular flexibility index (Phi) is 11.1. The van der Waals surface area contributed by atoms with Crippen molar-refractivity contribution in [3.05, 3.63) is 79.9 Å². The van der Waals surface area contributed by atoms with Gasteiger partial charge in [-0.05, 0) is 94.0 Å². The van der Waals surface area contributed by atoms with E-state index in [-0.39, 0.29) is 70.3 Å². The number of aliphatic carboxylic acids is 1. The molecule has 0 bridgehead atoms. The van der Waals surface area contributed by atoms with Gasteiger partial charge >= 0.3 is 52.9 Å². The Bertz CT molecular complexity index is 2520. The van der Waals surface area contributed by atoms with Crippen molar-refractivity contribution < 1.29 is 78.3 Å². The third kappa shape index (κ3) is 7.27. The van der Waals surface area contributed by atoms with Crippen LogP contribution in [-0.4, -0.2) is 101 Å². The zero-order chi connectivity index (χ0) is 40.5. The van der Waals surface area contributed by atoms with Crippen LogP contribution in [0, 0.1) is 17.3 Å². The molecule has 2 saturated heterocycles. The molecule has 4 aliphatic rings. The Balaban J connectivity index is 0.000000196. The summed E-state index contributed by atoms with van der Waals surface area (Å²) in [5.41, 5.74) is 3.03. The quantitative estimate of drug-likeness (QED) is 0.0457. The summed E-state index contributed by atoms with van der Waals surface area (Å²) in [5.74, 6) is -4.75. The van der Waals surface area contributed by atoms with E-state index in [0.29, 0.717) is 57.2 Å². The van der Waals surface area contributed by atoms with Crippen LogP contribution in [0.15, 0.2) is 57.4 Å². The molecular formula is C38H39N6NaO12. The first-order chi connectivity index (χ1) is 26.4. The van der Waals surface area contributed by atoms with E-state index in [1.807, 2.05) is 0 Å². The summed E-state index contributed by atoms with van der Waals surface area (Å²) in [6, 6.07) is 9.43. The van der Waals surface area contributed by atoms with Crippen molar-refractivity contribution in [3.8, 4) is 0 Å². The first kappa shape index (κ1) is 41.4. The van der Waals surface area contributed by atoms with Crippen molar-refractivity contribution in [1.29, 1.82) is 0 Å². The van der Waals surface area contributed by atoms with Gasteiger partial charge in [0.1, 0.15) is 5.70 Å². The molecule has 57 heavy (non-hydrogen) atoms. The summed E-state index contributed by atoms with van der Waals surface area (Å²) in [5, 5.41) is 31.3. The molecule has 0 radical (unpaired) electrons. The number of aromatic nitrogens is 4. The normalized spacial score (nSPS) is 22.2. The number of benzene rings is 2. The summed E-state index contributed by atoms with van der Waals surface area (Å²) in [4.78, 5) is 97.4. The third-order valence-electron chi connectivity index (χ3n) is 10.6. The molecule has 6 heterocycles. The SMILES string of the molecule is C[C@@H](O)[C@H]1C(=O)N2C(C(=O)OCOC(=O)C(C)(C)C)=C(c3ccc4[nH]c(=O)[nH]c4c3)C[C@H]12.C[C@@H](O)[C@H]1C(=O)N2C(C(=O)[O-])=C(c3ccc4[nH]c(=O)[nH]c4c3)C[C@H]12.[Na+]. The fourth-order valence-electron chi connectivity index (χ4n) is 7.89. The molecule has 0 aliphatic carbocycles. The number of amides is 2. The number of carbonyl (C=O) groups excluding carboxylic acids is 5. The number of fused-ring (bicyclic) bond motifs is 4. The number of rotatable bonds is 8. The van der Waals surface area contributed by atoms with Gasteiger partial charge in [-0.2, -0.15) is 0 Å². The van der Waals surface area contributed by atoms with E-state index < -0.39 is 60.1 Å². The Labute approximate surface area is 345 Å². The zero-order valence-corrected chi connectivity index (χ0v) is 33.9. The van der Waals surface area contributed by atoms with Gasteiger partial charge in [0.25, 0.3) is 0 Å². The Hall–Kier alpha value is -5.27. The molecule has 0 spiro atoms. The second-order valence-corrected chi connectivity index (χ2v) is 15.3. The fraction of sp³-hybridized carbons (Fsp3) is 0.395. The van der Waals surface area contributed by atoms with Gasteiger partial charge in [0.15, 0.2) is 0 Å². The van der Waals surface area contributed by atoms with Crippen LogP contribution >= 0.6 is 0 Å². The second-order valence-electron chi connectivity index (χ2n) is 15.3. The molecule has 2 fully saturated rings. The van der Waals surface area contributed by atoms with E-state index in [2.05, 4.69) is 19.9 Å². The number of carboxylic acids is 1. The topological polar surface area (TPSA) is 271 Å². The monoisotopic (exact) mass is 794 g/mol. The van der Waals surface area contributed by atoms with E-state index >= 15 is 0 Å². The van der Waals surface area contributed by atoms with E-state index in [1.54, 1.807) is 64.1 Å². The number of H-pyrrole nitrogens is 4. The number of carboxylic acid groups (broad SMARTS) is 1. The number of aromatic amines is 4. The number of hydrogen-bond donors (Lipinski definition) is 6. The number of aliphatic hydroxyl groups excluding tert-OH is 2. The molecule has 294 valence electrons. The number of ether oxygens (including phenoxy) is 2. The zero-order valence-electron chi connectivity index (χ0n) is 31.9. The van der Waals surface area contributed by atoms with Gasteiger partial charge < -0.3 is 59.3 Å². The van der Waals surface area contributed by atoms with Crippen LogP contribution < -0.4 is 46.0 Å². The second kappa shape index (κ2) is 15.2. The number of carbonyl (C=O) groups is 5. The van der Waals surface area contributed by atoms with Crippen LogP contribution in [0.2, 0.25) is 0 Å². The van der Waals surface area contributed by atoms with Crippen LogP contribution in [0.25, 0.3) is 33.2 Å². The molecule has 2 aromatic carbocycles. The van der Waals surface area contributed by atoms with Gasteiger partial charge in [0, 0.05) is 0 Å². The predicted molar refractivity (Wildman–Crippen MR) is 194 cm³/mol. The molecule has 2 aromatic heterocycles. The van der Waals surface area contributed by atoms with E-state index in [1.165, 1.54) is 16.7 Å². The minimum absolute atomic E-state index is 0. The first-order valence-electron chi connectivity index (χ1n) is 17.9. The van der Waals surface area contributed by atoms with Crippen molar-refractivity contribution in [2.24, 2.45) is 17.3 Å². The van der Waals surface area contributed by atoms with Crippen molar-refractivity contribution in [3.63, 3.8) is 0 Å². The molecule has 0 unspecified atom stereocenters. The van der Waals surface area contributed by atoms with Gasteiger partial charge in [0.05, 0.1) is 75.3 Å². The van der Waals surface area contributed by atoms with Crippen molar-refractivity contribution in [2.45, 2.75) is 71.8 Å². The maximum atomic E-state index is 12.9. The maximum absolute atomic E-state index is 12.9. The van der Waals surface area contributed by atoms with Crippen LogP contribution in [0.5, 0.6) is 0 Å². The van der Waals surface area contributed by atoms with Crippen molar-refractivity contribution in [1.82, 2.24) is 29.7 Å². The summed E-state index contributed by atoms with van der Waals surface area (Å²) >= 11 is 0. The molecule has 4 aromatic rings. The van der Waals surface area contributed by atoms with Gasteiger partial charge in [0.2, 0.25) is 18.6 Å². The number of nitrogens with one attached hydrogen (secondary N) is 4. The minimum atomic E-state index is -1.42. The Morgan fingerprint density at radius 1 is 0.737 bits per heavy atom. The number of nitrogens with zero attached hydrogens (tertiary/aromatic N) is 2. The molecule has 6 atom stereocenters. The average molecular weight is 795 g/mol. The van der Waals surface area contributed by atoms with Crippen LogP contribution in [-0.2, 0) is 33.4 Å².